The molecule has 1 saturated heterocycles. The van der Waals surface area contributed by atoms with Crippen molar-refractivity contribution in [1.82, 2.24) is 4.90 Å². The van der Waals surface area contributed by atoms with Gasteiger partial charge in [0.15, 0.2) is 0 Å². The van der Waals surface area contributed by atoms with Crippen LogP contribution in [0.2, 0.25) is 0 Å². The van der Waals surface area contributed by atoms with Gasteiger partial charge in [-0.3, -0.25) is 4.39 Å². The molecule has 1 aliphatic rings. The summed E-state index contributed by atoms with van der Waals surface area (Å²) in [6.07, 6.45) is 3.13. The van der Waals surface area contributed by atoms with Gasteiger partial charge in [-0.1, -0.05) is 0 Å². The van der Waals surface area contributed by atoms with Crippen molar-refractivity contribution >= 4 is 0 Å². The third-order valence-electron chi connectivity index (χ3n) is 1.81. The van der Waals surface area contributed by atoms with E-state index in [-0.39, 0.29) is 6.67 Å². The van der Waals surface area contributed by atoms with Crippen LogP contribution in [0.25, 0.3) is 0 Å². The van der Waals surface area contributed by atoms with Gasteiger partial charge in [0.25, 0.3) is 0 Å². The van der Waals surface area contributed by atoms with Gasteiger partial charge >= 0.3 is 0 Å². The number of unbranched alkanes of at least 4 members (excludes halogenated alkanes) is 1. The van der Waals surface area contributed by atoms with E-state index < -0.39 is 0 Å². The van der Waals surface area contributed by atoms with Gasteiger partial charge in [-0.15, -0.1) is 0 Å². The van der Waals surface area contributed by atoms with Crippen LogP contribution in [0.4, 0.5) is 4.39 Å². The van der Waals surface area contributed by atoms with Crippen LogP contribution in [0, 0.1) is 0 Å². The number of halogens is 1. The standard InChI is InChI=1S/C7H14FN/c8-4-1-2-5-9-6-3-7-9/h1-7H2. The van der Waals surface area contributed by atoms with E-state index in [0.29, 0.717) is 0 Å². The fraction of sp³-hybridized carbons (Fsp3) is 1.00. The van der Waals surface area contributed by atoms with Gasteiger partial charge in [-0.05, 0) is 38.9 Å². The first-order valence-electron chi connectivity index (χ1n) is 3.72. The Morgan fingerprint density at radius 3 is 2.44 bits per heavy atom. The largest absolute Gasteiger partial charge is 0.303 e. The summed E-state index contributed by atoms with van der Waals surface area (Å²) in [6, 6.07) is 0. The Kier molecular flexibility index (Phi) is 2.98. The first-order chi connectivity index (χ1) is 4.43. The number of nitrogens with zero attached hydrogens (tertiary/aromatic N) is 1. The predicted octanol–water partition coefficient (Wildman–Crippen LogP) is 1.44. The molecule has 9 heavy (non-hydrogen) atoms. The zero-order chi connectivity index (χ0) is 6.53. The molecule has 0 atom stereocenters. The molecule has 0 saturated carbocycles. The molecule has 0 radical (unpaired) electrons. The van der Waals surface area contributed by atoms with Crippen LogP contribution in [-0.2, 0) is 0 Å². The Balaban J connectivity index is 1.80. The smallest absolute Gasteiger partial charge is 0.0894 e. The number of alkyl halides is 1. The Labute approximate surface area is 55.8 Å². The lowest BCUT2D eigenvalue weighted by Gasteiger charge is -2.30. The SMILES string of the molecule is FCCCCN1CCC1. The summed E-state index contributed by atoms with van der Waals surface area (Å²) in [7, 11) is 0. The van der Waals surface area contributed by atoms with Crippen LogP contribution >= 0.6 is 0 Å². The lowest BCUT2D eigenvalue weighted by Crippen LogP contribution is -2.37. The quantitative estimate of drug-likeness (QED) is 0.522. The first-order valence-corrected chi connectivity index (χ1v) is 3.72. The van der Waals surface area contributed by atoms with Gasteiger partial charge in [0.05, 0.1) is 6.67 Å². The molecule has 0 unspecified atom stereocenters. The molecule has 0 aliphatic carbocycles. The lowest BCUT2D eigenvalue weighted by atomic mass is 10.2. The molecule has 0 aromatic heterocycles. The zero-order valence-corrected chi connectivity index (χ0v) is 5.77. The van der Waals surface area contributed by atoms with Gasteiger partial charge in [0.1, 0.15) is 0 Å². The van der Waals surface area contributed by atoms with Gasteiger partial charge < -0.3 is 4.90 Å². The minimum absolute atomic E-state index is 0.145. The van der Waals surface area contributed by atoms with Crippen molar-refractivity contribution in [2.75, 3.05) is 26.3 Å². The van der Waals surface area contributed by atoms with E-state index in [0.717, 1.165) is 19.4 Å². The molecule has 0 aromatic rings. The highest BCUT2D eigenvalue weighted by atomic mass is 19.1. The minimum atomic E-state index is -0.145. The van der Waals surface area contributed by atoms with E-state index in [1.54, 1.807) is 0 Å². The van der Waals surface area contributed by atoms with Crippen LogP contribution in [0.1, 0.15) is 19.3 Å². The van der Waals surface area contributed by atoms with Crippen molar-refractivity contribution in [2.45, 2.75) is 19.3 Å². The van der Waals surface area contributed by atoms with Gasteiger partial charge in [-0.25, -0.2) is 0 Å². The maximum atomic E-state index is 11.5. The Hall–Kier alpha value is -0.110. The maximum Gasteiger partial charge on any atom is 0.0894 e. The predicted molar refractivity (Wildman–Crippen MR) is 36.3 cm³/mol. The second-order valence-corrected chi connectivity index (χ2v) is 2.59. The van der Waals surface area contributed by atoms with Gasteiger partial charge in [0, 0.05) is 0 Å². The van der Waals surface area contributed by atoms with Crippen molar-refractivity contribution in [3.05, 3.63) is 0 Å². The zero-order valence-electron chi connectivity index (χ0n) is 5.77. The summed E-state index contributed by atoms with van der Waals surface area (Å²) in [5, 5.41) is 0. The molecule has 0 spiro atoms. The summed E-state index contributed by atoms with van der Waals surface area (Å²) < 4.78 is 11.5. The Morgan fingerprint density at radius 2 is 2.00 bits per heavy atom. The molecule has 2 heteroatoms. The fourth-order valence-electron chi connectivity index (χ4n) is 1.04. The van der Waals surface area contributed by atoms with Crippen molar-refractivity contribution in [1.29, 1.82) is 0 Å². The fourth-order valence-corrected chi connectivity index (χ4v) is 1.04. The average Bonchev–Trinajstić information content (AvgIpc) is 1.76. The van der Waals surface area contributed by atoms with E-state index in [9.17, 15) is 4.39 Å². The molecule has 54 valence electrons. The summed E-state index contributed by atoms with van der Waals surface area (Å²) in [5.74, 6) is 0. The number of hydrogen-bond donors (Lipinski definition) is 0. The Bertz CT molecular complexity index is 71.3. The van der Waals surface area contributed by atoms with E-state index in [1.165, 1.54) is 19.5 Å². The van der Waals surface area contributed by atoms with E-state index >= 15 is 0 Å². The topological polar surface area (TPSA) is 3.24 Å². The van der Waals surface area contributed by atoms with E-state index in [1.807, 2.05) is 0 Å². The van der Waals surface area contributed by atoms with Crippen molar-refractivity contribution < 1.29 is 4.39 Å². The highest BCUT2D eigenvalue weighted by Gasteiger charge is 2.11. The first kappa shape index (κ1) is 7.00. The summed E-state index contributed by atoms with van der Waals surface area (Å²) >= 11 is 0. The molecule has 1 rings (SSSR count). The normalized spacial score (nSPS) is 19.7. The molecule has 1 heterocycles. The van der Waals surface area contributed by atoms with Crippen LogP contribution in [-0.4, -0.2) is 31.2 Å². The molecular formula is C7H14FN. The molecular weight excluding hydrogens is 117 g/mol. The maximum absolute atomic E-state index is 11.5. The second kappa shape index (κ2) is 3.83. The molecule has 0 amide bonds. The highest BCUT2D eigenvalue weighted by molar-refractivity contribution is 4.67. The number of hydrogen-bond acceptors (Lipinski definition) is 1. The van der Waals surface area contributed by atoms with E-state index in [4.69, 9.17) is 0 Å². The average molecular weight is 131 g/mol. The molecule has 1 aliphatic heterocycles. The number of rotatable bonds is 4. The van der Waals surface area contributed by atoms with Crippen molar-refractivity contribution in [3.63, 3.8) is 0 Å². The molecule has 0 bridgehead atoms. The third-order valence-corrected chi connectivity index (χ3v) is 1.81. The van der Waals surface area contributed by atoms with Gasteiger partial charge in [-0.2, -0.15) is 0 Å². The lowest BCUT2D eigenvalue weighted by molar-refractivity contribution is 0.176. The van der Waals surface area contributed by atoms with Crippen molar-refractivity contribution in [3.8, 4) is 0 Å². The summed E-state index contributed by atoms with van der Waals surface area (Å²) in [6.45, 7) is 3.45. The molecule has 1 nitrogen and oxygen atoms in total. The Morgan fingerprint density at radius 1 is 1.22 bits per heavy atom. The minimum Gasteiger partial charge on any atom is -0.303 e. The molecule has 1 fully saturated rings. The summed E-state index contributed by atoms with van der Waals surface area (Å²) in [4.78, 5) is 2.37. The van der Waals surface area contributed by atoms with Crippen molar-refractivity contribution in [2.24, 2.45) is 0 Å². The van der Waals surface area contributed by atoms with Crippen LogP contribution in [0.5, 0.6) is 0 Å². The van der Waals surface area contributed by atoms with Gasteiger partial charge in [0.2, 0.25) is 0 Å². The van der Waals surface area contributed by atoms with Crippen LogP contribution < -0.4 is 0 Å². The number of likely N-dealkylation sites (tertiary alicyclic amines) is 1. The van der Waals surface area contributed by atoms with Crippen LogP contribution in [0.15, 0.2) is 0 Å². The summed E-state index contributed by atoms with van der Waals surface area (Å²) in [5.41, 5.74) is 0. The van der Waals surface area contributed by atoms with Crippen LogP contribution in [0.3, 0.4) is 0 Å². The molecule has 0 N–H and O–H groups in total. The third kappa shape index (κ3) is 2.31. The van der Waals surface area contributed by atoms with E-state index in [2.05, 4.69) is 4.90 Å². The second-order valence-electron chi connectivity index (χ2n) is 2.59. The monoisotopic (exact) mass is 131 g/mol. The highest BCUT2D eigenvalue weighted by Crippen LogP contribution is 2.06. The molecule has 0 aromatic carbocycles.